The molecule has 4 N–H and O–H groups in total. The van der Waals surface area contributed by atoms with Crippen LogP contribution in [0.5, 0.6) is 0 Å². The summed E-state index contributed by atoms with van der Waals surface area (Å²) in [5.41, 5.74) is -0.677. The average molecular weight is 843 g/mol. The van der Waals surface area contributed by atoms with Crippen LogP contribution in [0.15, 0.2) is 36.0 Å². The average Bonchev–Trinajstić information content (AvgIpc) is 3.56. The number of aliphatic hydroxyl groups excluding tert-OH is 3. The number of aliphatic carboxylic acids is 1. The van der Waals surface area contributed by atoms with E-state index in [1.807, 2.05) is 26.0 Å². The first-order valence-corrected chi connectivity index (χ1v) is 21.6. The van der Waals surface area contributed by atoms with Crippen LogP contribution in [0.3, 0.4) is 0 Å². The normalized spacial score (nSPS) is 44.6. The first-order valence-electron chi connectivity index (χ1n) is 21.6. The van der Waals surface area contributed by atoms with Crippen LogP contribution in [0.4, 0.5) is 0 Å². The van der Waals surface area contributed by atoms with E-state index in [1.165, 1.54) is 6.92 Å². The number of carbonyl (C=O) groups excluding carboxylic acids is 1. The van der Waals surface area contributed by atoms with Crippen LogP contribution in [-0.4, -0.2) is 117 Å². The Morgan fingerprint density at radius 3 is 2.48 bits per heavy atom. The molecule has 7 heterocycles. The number of fused-ring (bicyclic) bond motifs is 1. The van der Waals surface area contributed by atoms with E-state index >= 15 is 0 Å². The van der Waals surface area contributed by atoms with Gasteiger partial charge in [0.15, 0.2) is 11.6 Å². The minimum absolute atomic E-state index is 0. The van der Waals surface area contributed by atoms with E-state index in [1.54, 1.807) is 6.08 Å². The van der Waals surface area contributed by atoms with Crippen LogP contribution in [0.1, 0.15) is 125 Å². The zero-order chi connectivity index (χ0) is 40.9. The van der Waals surface area contributed by atoms with Crippen molar-refractivity contribution in [1.29, 1.82) is 0 Å². The SMILES string of the molecule is C=C1C(O)C2OC3(CCC(C=CC(C)C4CC(C)=CC5(OC(CC(C)(O)C(=O)[O-])CCC5O)O4)O3)CCC2OC1C(O)CC(C)C1OC2(CCCCO2)CCC1C.[K+]. The fourth-order valence-corrected chi connectivity index (χ4v) is 10.5. The Balaban J connectivity index is 0.00000567. The number of ether oxygens (including phenoxy) is 7. The summed E-state index contributed by atoms with van der Waals surface area (Å²) in [5, 5.41) is 56.0. The Bertz CT molecular complexity index is 1510. The zero-order valence-electron chi connectivity index (χ0n) is 35.5. The van der Waals surface area contributed by atoms with Crippen molar-refractivity contribution in [2.45, 2.75) is 209 Å². The predicted octanol–water partition coefficient (Wildman–Crippen LogP) is 0.883. The van der Waals surface area contributed by atoms with Crippen molar-refractivity contribution >= 4 is 5.97 Å². The van der Waals surface area contributed by atoms with Gasteiger partial charge in [-0.15, -0.1) is 0 Å². The second kappa shape index (κ2) is 18.9. The van der Waals surface area contributed by atoms with Crippen LogP contribution >= 0.6 is 0 Å². The molecule has 7 aliphatic heterocycles. The number of carboxylic acid groups (broad SMARTS) is 1. The van der Waals surface area contributed by atoms with Gasteiger partial charge in [-0.05, 0) is 95.1 Å². The number of carboxylic acids is 1. The number of aliphatic hydroxyl groups is 4. The standard InChI is InChI=1S/C44H68O13.K/c1-25-21-34(55-44(23-25)35(46)12-11-31(54-44)24-41(6,50)40(48)49)26(2)9-10-30-14-18-43(53-30)19-15-33-39(57-43)36(47)29(5)38(52-33)32(45)22-28(4)37-27(3)13-17-42(56-37)16-7-8-20-51-42;/h9-10,23,26-28,30-39,45-47,50H,5,7-8,11-22,24H2,1-4,6H3,(H,48,49);/q;+1/p-1. The summed E-state index contributed by atoms with van der Waals surface area (Å²) < 4.78 is 45.2. The Morgan fingerprint density at radius 1 is 1.02 bits per heavy atom. The Morgan fingerprint density at radius 2 is 1.76 bits per heavy atom. The van der Waals surface area contributed by atoms with Crippen molar-refractivity contribution in [3.8, 4) is 0 Å². The molecule has 322 valence electrons. The molecule has 0 aromatic carbocycles. The second-order valence-electron chi connectivity index (χ2n) is 18.9. The van der Waals surface area contributed by atoms with E-state index in [-0.39, 0.29) is 88.0 Å². The molecule has 6 fully saturated rings. The molecule has 14 heteroatoms. The summed E-state index contributed by atoms with van der Waals surface area (Å²) in [5.74, 6) is -4.11. The summed E-state index contributed by atoms with van der Waals surface area (Å²) in [7, 11) is 0. The minimum atomic E-state index is -2.07. The third-order valence-corrected chi connectivity index (χ3v) is 14.0. The molecule has 0 aliphatic carbocycles. The summed E-state index contributed by atoms with van der Waals surface area (Å²) in [6, 6.07) is 0. The fraction of sp³-hybridized carbons (Fsp3) is 0.841. The Kier molecular flexibility index (Phi) is 15.5. The maximum Gasteiger partial charge on any atom is 1.00 e. The second-order valence-corrected chi connectivity index (χ2v) is 18.9. The quantitative estimate of drug-likeness (QED) is 0.180. The van der Waals surface area contributed by atoms with Gasteiger partial charge in [-0.2, -0.15) is 0 Å². The van der Waals surface area contributed by atoms with E-state index < -0.39 is 71.7 Å². The molecule has 7 aliphatic rings. The van der Waals surface area contributed by atoms with Crippen LogP contribution in [0.2, 0.25) is 0 Å². The zero-order valence-corrected chi connectivity index (χ0v) is 38.6. The van der Waals surface area contributed by atoms with Crippen molar-refractivity contribution in [3.05, 3.63) is 36.0 Å². The van der Waals surface area contributed by atoms with Gasteiger partial charge in [0.1, 0.15) is 30.0 Å². The maximum absolute atomic E-state index is 11.5. The van der Waals surface area contributed by atoms with Crippen molar-refractivity contribution in [2.75, 3.05) is 6.61 Å². The molecule has 0 saturated carbocycles. The van der Waals surface area contributed by atoms with Crippen LogP contribution in [-0.2, 0) is 38.0 Å². The molecule has 13 nitrogen and oxygen atoms in total. The summed E-state index contributed by atoms with van der Waals surface area (Å²) in [6.07, 6.45) is 9.10. The van der Waals surface area contributed by atoms with E-state index in [2.05, 4.69) is 20.4 Å². The first-order chi connectivity index (χ1) is 26.9. The summed E-state index contributed by atoms with van der Waals surface area (Å²) in [6.45, 7) is 14.4. The number of carbonyl (C=O) groups is 1. The van der Waals surface area contributed by atoms with E-state index in [0.717, 1.165) is 50.7 Å². The van der Waals surface area contributed by atoms with Gasteiger partial charge in [0, 0.05) is 38.0 Å². The third-order valence-electron chi connectivity index (χ3n) is 14.0. The van der Waals surface area contributed by atoms with E-state index in [0.29, 0.717) is 56.4 Å². The van der Waals surface area contributed by atoms with Crippen molar-refractivity contribution < 1.29 is 115 Å². The van der Waals surface area contributed by atoms with Crippen LogP contribution < -0.4 is 56.5 Å². The van der Waals surface area contributed by atoms with Gasteiger partial charge in [0.05, 0.1) is 49.2 Å². The van der Waals surface area contributed by atoms with Gasteiger partial charge in [-0.3, -0.25) is 0 Å². The van der Waals surface area contributed by atoms with E-state index in [9.17, 15) is 30.3 Å². The molecule has 17 atom stereocenters. The molecule has 0 radical (unpaired) electrons. The molecule has 0 amide bonds. The molecule has 17 unspecified atom stereocenters. The third kappa shape index (κ3) is 10.1. The smallest absolute Gasteiger partial charge is 0.547 e. The summed E-state index contributed by atoms with van der Waals surface area (Å²) >= 11 is 0. The van der Waals surface area contributed by atoms with Gasteiger partial charge >= 0.3 is 51.4 Å². The monoisotopic (exact) mass is 842 g/mol. The Labute approximate surface area is 386 Å². The predicted molar refractivity (Wildman–Crippen MR) is 205 cm³/mol. The Hall–Kier alpha value is -0.114. The molecular weight excluding hydrogens is 776 g/mol. The van der Waals surface area contributed by atoms with Crippen molar-refractivity contribution in [2.24, 2.45) is 17.8 Å². The van der Waals surface area contributed by atoms with Gasteiger partial charge in [-0.1, -0.05) is 45.1 Å². The van der Waals surface area contributed by atoms with Crippen LogP contribution in [0, 0.1) is 17.8 Å². The fourth-order valence-electron chi connectivity index (χ4n) is 10.5. The van der Waals surface area contributed by atoms with Crippen molar-refractivity contribution in [3.63, 3.8) is 0 Å². The maximum atomic E-state index is 11.5. The molecule has 58 heavy (non-hydrogen) atoms. The topological polar surface area (TPSA) is 186 Å². The molecule has 0 aromatic heterocycles. The number of hydrogen-bond donors (Lipinski definition) is 4. The van der Waals surface area contributed by atoms with Gasteiger partial charge in [0.2, 0.25) is 5.79 Å². The first kappa shape index (κ1) is 47.4. The summed E-state index contributed by atoms with van der Waals surface area (Å²) in [4.78, 5) is 11.5. The molecule has 0 bridgehead atoms. The van der Waals surface area contributed by atoms with Crippen molar-refractivity contribution in [1.82, 2.24) is 0 Å². The van der Waals surface area contributed by atoms with Gasteiger partial charge < -0.3 is 63.5 Å². The number of hydrogen-bond acceptors (Lipinski definition) is 13. The molecular formula is C44H67KO13. The molecule has 6 saturated heterocycles. The van der Waals surface area contributed by atoms with E-state index in [4.69, 9.17) is 33.2 Å². The molecule has 0 aromatic rings. The number of rotatable bonds is 10. The molecule has 7 rings (SSSR count). The van der Waals surface area contributed by atoms with Gasteiger partial charge in [0.25, 0.3) is 0 Å². The minimum Gasteiger partial charge on any atom is -0.547 e. The van der Waals surface area contributed by atoms with Gasteiger partial charge in [-0.25, -0.2) is 0 Å². The largest absolute Gasteiger partial charge is 1.00 e. The molecule has 3 spiro atoms. The van der Waals surface area contributed by atoms with Crippen LogP contribution in [0.25, 0.3) is 0 Å².